The van der Waals surface area contributed by atoms with E-state index in [1.54, 1.807) is 31.2 Å². The summed E-state index contributed by atoms with van der Waals surface area (Å²) in [4.78, 5) is 41.3. The third kappa shape index (κ3) is 3.66. The van der Waals surface area contributed by atoms with Crippen molar-refractivity contribution in [3.63, 3.8) is 0 Å². The molecule has 0 saturated heterocycles. The Morgan fingerprint density at radius 3 is 2.54 bits per heavy atom. The molecule has 0 unspecified atom stereocenters. The molecule has 2 aromatic heterocycles. The number of esters is 1. The Kier molecular flexibility index (Phi) is 5.30. The van der Waals surface area contributed by atoms with E-state index in [9.17, 15) is 14.4 Å². The van der Waals surface area contributed by atoms with Crippen LogP contribution in [0.3, 0.4) is 0 Å². The average Bonchev–Trinajstić information content (AvgIpc) is 3.00. The molecule has 1 aromatic carbocycles. The maximum Gasteiger partial charge on any atom is 0.337 e. The first-order chi connectivity index (χ1) is 13.3. The summed E-state index contributed by atoms with van der Waals surface area (Å²) >= 11 is 0. The van der Waals surface area contributed by atoms with E-state index in [0.29, 0.717) is 23.6 Å². The third-order valence-corrected chi connectivity index (χ3v) is 4.21. The molecule has 0 atom stereocenters. The highest BCUT2D eigenvalue weighted by molar-refractivity contribution is 6.12. The van der Waals surface area contributed by atoms with Gasteiger partial charge in [-0.05, 0) is 37.1 Å². The van der Waals surface area contributed by atoms with E-state index in [-0.39, 0.29) is 28.1 Å². The summed E-state index contributed by atoms with van der Waals surface area (Å²) < 4.78 is 11.6. The van der Waals surface area contributed by atoms with Gasteiger partial charge in [-0.3, -0.25) is 14.2 Å². The molecule has 28 heavy (non-hydrogen) atoms. The first-order valence-electron chi connectivity index (χ1n) is 8.80. The molecule has 8 nitrogen and oxygen atoms in total. The standard InChI is InChI=1S/C20H21N3O5/c1-11(2)9-23-10-21-18-16(19(23)25)15(12(3)28-18)17(24)22-14-7-5-13(6-8-14)20(26)27-4/h5-8,10-11H,9H2,1-4H3,(H,22,24). The van der Waals surface area contributed by atoms with Crippen molar-refractivity contribution in [1.29, 1.82) is 0 Å². The molecule has 0 bridgehead atoms. The number of nitrogens with zero attached hydrogens (tertiary/aromatic N) is 2. The molecule has 0 aliphatic heterocycles. The number of nitrogens with one attached hydrogen (secondary N) is 1. The van der Waals surface area contributed by atoms with Crippen LogP contribution in [0.5, 0.6) is 0 Å². The zero-order chi connectivity index (χ0) is 20.4. The molecule has 0 radical (unpaired) electrons. The second kappa shape index (κ2) is 7.67. The molecule has 1 N–H and O–H groups in total. The third-order valence-electron chi connectivity index (χ3n) is 4.21. The van der Waals surface area contributed by atoms with Gasteiger partial charge in [0, 0.05) is 12.2 Å². The Labute approximate surface area is 161 Å². The number of amides is 1. The molecule has 0 aliphatic rings. The highest BCUT2D eigenvalue weighted by atomic mass is 16.5. The van der Waals surface area contributed by atoms with Crippen molar-refractivity contribution < 1.29 is 18.7 Å². The highest BCUT2D eigenvalue weighted by Gasteiger charge is 2.23. The molecular formula is C20H21N3O5. The van der Waals surface area contributed by atoms with E-state index in [0.717, 1.165) is 0 Å². The molecule has 3 rings (SSSR count). The number of hydrogen-bond donors (Lipinski definition) is 1. The van der Waals surface area contributed by atoms with Crippen LogP contribution in [0, 0.1) is 12.8 Å². The van der Waals surface area contributed by atoms with Crippen molar-refractivity contribution >= 4 is 28.7 Å². The summed E-state index contributed by atoms with van der Waals surface area (Å²) in [6, 6.07) is 6.24. The summed E-state index contributed by atoms with van der Waals surface area (Å²) in [5, 5.41) is 2.88. The van der Waals surface area contributed by atoms with Crippen molar-refractivity contribution in [3.05, 3.63) is 57.8 Å². The van der Waals surface area contributed by atoms with E-state index < -0.39 is 11.9 Å². The minimum atomic E-state index is -0.483. The van der Waals surface area contributed by atoms with Crippen molar-refractivity contribution in [2.75, 3.05) is 12.4 Å². The van der Waals surface area contributed by atoms with Crippen LogP contribution >= 0.6 is 0 Å². The fourth-order valence-electron chi connectivity index (χ4n) is 2.94. The Bertz CT molecular complexity index is 1090. The Hall–Kier alpha value is -3.42. The number of rotatable bonds is 5. The topological polar surface area (TPSA) is 103 Å². The van der Waals surface area contributed by atoms with Crippen LogP contribution in [-0.4, -0.2) is 28.5 Å². The molecule has 0 fully saturated rings. The quantitative estimate of drug-likeness (QED) is 0.679. The summed E-state index contributed by atoms with van der Waals surface area (Å²) in [5.74, 6) is -0.393. The van der Waals surface area contributed by atoms with Gasteiger partial charge in [-0.2, -0.15) is 0 Å². The fourth-order valence-corrected chi connectivity index (χ4v) is 2.94. The lowest BCUT2D eigenvalue weighted by Crippen LogP contribution is -2.24. The minimum absolute atomic E-state index is 0.133. The zero-order valence-corrected chi connectivity index (χ0v) is 16.1. The van der Waals surface area contributed by atoms with Crippen molar-refractivity contribution in [3.8, 4) is 0 Å². The van der Waals surface area contributed by atoms with E-state index >= 15 is 0 Å². The van der Waals surface area contributed by atoms with Gasteiger partial charge in [0.2, 0.25) is 5.71 Å². The number of methoxy groups -OCH3 is 1. The number of furan rings is 1. The average molecular weight is 383 g/mol. The van der Waals surface area contributed by atoms with Crippen LogP contribution in [0.4, 0.5) is 5.69 Å². The number of aromatic nitrogens is 2. The van der Waals surface area contributed by atoms with Crippen LogP contribution in [0.1, 0.15) is 40.3 Å². The zero-order valence-electron chi connectivity index (χ0n) is 16.1. The Balaban J connectivity index is 1.96. The predicted molar refractivity (Wildman–Crippen MR) is 104 cm³/mol. The van der Waals surface area contributed by atoms with Crippen LogP contribution in [0.2, 0.25) is 0 Å². The maximum absolute atomic E-state index is 12.8. The summed E-state index contributed by atoms with van der Waals surface area (Å²) in [5.41, 5.74) is 0.807. The molecule has 146 valence electrons. The number of anilines is 1. The van der Waals surface area contributed by atoms with E-state index in [4.69, 9.17) is 4.42 Å². The van der Waals surface area contributed by atoms with Gasteiger partial charge in [0.25, 0.3) is 11.5 Å². The normalized spacial score (nSPS) is 11.0. The predicted octanol–water partition coefficient (Wildman–Crippen LogP) is 2.99. The Morgan fingerprint density at radius 1 is 1.25 bits per heavy atom. The van der Waals surface area contributed by atoms with Crippen LogP contribution < -0.4 is 10.9 Å². The number of fused-ring (bicyclic) bond motifs is 1. The van der Waals surface area contributed by atoms with Crippen LogP contribution in [0.15, 0.2) is 39.8 Å². The van der Waals surface area contributed by atoms with Gasteiger partial charge in [0.15, 0.2) is 0 Å². The summed E-state index contributed by atoms with van der Waals surface area (Å²) in [6.45, 7) is 6.08. The van der Waals surface area contributed by atoms with Crippen LogP contribution in [0.25, 0.3) is 11.1 Å². The van der Waals surface area contributed by atoms with Crippen molar-refractivity contribution in [1.82, 2.24) is 9.55 Å². The number of aryl methyl sites for hydroxylation is 1. The number of benzene rings is 1. The molecule has 0 spiro atoms. The largest absolute Gasteiger partial charge is 0.465 e. The molecule has 3 aromatic rings. The number of carbonyl (C=O) groups is 2. The maximum atomic E-state index is 12.8. The van der Waals surface area contributed by atoms with Gasteiger partial charge >= 0.3 is 5.97 Å². The lowest BCUT2D eigenvalue weighted by Gasteiger charge is -2.08. The second-order valence-corrected chi connectivity index (χ2v) is 6.83. The first-order valence-corrected chi connectivity index (χ1v) is 8.80. The molecule has 8 heteroatoms. The SMILES string of the molecule is COC(=O)c1ccc(NC(=O)c2c(C)oc3ncn(CC(C)C)c(=O)c23)cc1. The molecular weight excluding hydrogens is 362 g/mol. The number of ether oxygens (including phenoxy) is 1. The van der Waals surface area contributed by atoms with E-state index in [1.165, 1.54) is 18.0 Å². The van der Waals surface area contributed by atoms with Gasteiger partial charge in [-0.15, -0.1) is 0 Å². The smallest absolute Gasteiger partial charge is 0.337 e. The van der Waals surface area contributed by atoms with Gasteiger partial charge in [0.1, 0.15) is 17.5 Å². The summed E-state index contributed by atoms with van der Waals surface area (Å²) in [6.07, 6.45) is 1.43. The number of hydrogen-bond acceptors (Lipinski definition) is 6. The lowest BCUT2D eigenvalue weighted by molar-refractivity contribution is 0.0600. The first kappa shape index (κ1) is 19.3. The van der Waals surface area contributed by atoms with E-state index in [1.807, 2.05) is 13.8 Å². The van der Waals surface area contributed by atoms with Gasteiger partial charge in [-0.1, -0.05) is 13.8 Å². The lowest BCUT2D eigenvalue weighted by atomic mass is 10.1. The van der Waals surface area contributed by atoms with Gasteiger partial charge in [0.05, 0.1) is 18.2 Å². The summed E-state index contributed by atoms with van der Waals surface area (Å²) in [7, 11) is 1.30. The van der Waals surface area contributed by atoms with Crippen molar-refractivity contribution in [2.24, 2.45) is 5.92 Å². The van der Waals surface area contributed by atoms with Gasteiger partial charge in [-0.25, -0.2) is 9.78 Å². The monoisotopic (exact) mass is 383 g/mol. The van der Waals surface area contributed by atoms with E-state index in [2.05, 4.69) is 15.0 Å². The Morgan fingerprint density at radius 2 is 1.93 bits per heavy atom. The molecule has 0 aliphatic carbocycles. The molecule has 2 heterocycles. The molecule has 0 saturated carbocycles. The van der Waals surface area contributed by atoms with Crippen LogP contribution in [-0.2, 0) is 11.3 Å². The number of carbonyl (C=O) groups excluding carboxylic acids is 2. The fraction of sp³-hybridized carbons (Fsp3) is 0.300. The van der Waals surface area contributed by atoms with Gasteiger partial charge < -0.3 is 14.5 Å². The second-order valence-electron chi connectivity index (χ2n) is 6.83. The van der Waals surface area contributed by atoms with Crippen molar-refractivity contribution in [2.45, 2.75) is 27.3 Å². The molecule has 1 amide bonds. The minimum Gasteiger partial charge on any atom is -0.465 e. The highest BCUT2D eigenvalue weighted by Crippen LogP contribution is 2.22.